The van der Waals surface area contributed by atoms with Crippen LogP contribution in [0.2, 0.25) is 0 Å². The maximum Gasteiger partial charge on any atom is 0.163 e. The van der Waals surface area contributed by atoms with Crippen molar-refractivity contribution in [3.05, 3.63) is 121 Å². The zero-order chi connectivity index (χ0) is 25.4. The molecule has 4 heteroatoms. The Balaban J connectivity index is 1.76. The number of ether oxygens (including phenoxy) is 2. The number of Topliss-reactive ketones (excluding diaryl/α,β-unsaturated/α-hetero) is 1. The maximum absolute atomic E-state index is 13.5. The second-order valence-corrected chi connectivity index (χ2v) is 10.6. The average Bonchev–Trinajstić information content (AvgIpc) is 2.92. The summed E-state index contributed by atoms with van der Waals surface area (Å²) in [6, 6.07) is 32.5. The number of hydrogen-bond acceptors (Lipinski definition) is 4. The zero-order valence-corrected chi connectivity index (χ0v) is 21.8. The molecule has 0 radical (unpaired) electrons. The van der Waals surface area contributed by atoms with Crippen LogP contribution in [0.5, 0.6) is 5.75 Å². The van der Waals surface area contributed by atoms with Crippen LogP contribution in [0.3, 0.4) is 0 Å². The van der Waals surface area contributed by atoms with Gasteiger partial charge in [0.05, 0.1) is 20.5 Å². The first kappa shape index (κ1) is 25.6. The molecule has 2 atom stereocenters. The van der Waals surface area contributed by atoms with E-state index in [1.807, 2.05) is 54.6 Å². The minimum Gasteiger partial charge on any atom is -0.505 e. The molecule has 0 heterocycles. The van der Waals surface area contributed by atoms with E-state index in [9.17, 15) is 4.79 Å². The van der Waals surface area contributed by atoms with Gasteiger partial charge in [0.15, 0.2) is 5.78 Å². The summed E-state index contributed by atoms with van der Waals surface area (Å²) in [6.07, 6.45) is 5.00. The van der Waals surface area contributed by atoms with Gasteiger partial charge >= 0.3 is 0 Å². The number of carbonyl (C=O) groups excluding carboxylic acids is 1. The molecule has 0 amide bonds. The fourth-order valence-corrected chi connectivity index (χ4v) is 5.80. The molecule has 0 spiro atoms. The first-order chi connectivity index (χ1) is 17.5. The SMILES string of the molecule is COC=CC(C)(Sc1ccccc1)C(CC(=O)c1ccccc1)Cc1cccc2cc(OC)ccc12. The lowest BCUT2D eigenvalue weighted by Gasteiger charge is -2.35. The van der Waals surface area contributed by atoms with Crippen LogP contribution in [0.15, 0.2) is 114 Å². The van der Waals surface area contributed by atoms with Gasteiger partial charge in [-0.2, -0.15) is 0 Å². The lowest BCUT2D eigenvalue weighted by molar-refractivity contribution is 0.0955. The fraction of sp³-hybridized carbons (Fsp3) is 0.219. The summed E-state index contributed by atoms with van der Waals surface area (Å²) >= 11 is 1.77. The molecule has 4 rings (SSSR count). The zero-order valence-electron chi connectivity index (χ0n) is 21.0. The number of benzene rings is 4. The lowest BCUT2D eigenvalue weighted by Crippen LogP contribution is -2.33. The Kier molecular flexibility index (Phi) is 8.50. The predicted molar refractivity (Wildman–Crippen MR) is 150 cm³/mol. The molecular formula is C32H32O3S. The largest absolute Gasteiger partial charge is 0.505 e. The topological polar surface area (TPSA) is 35.5 Å². The highest BCUT2D eigenvalue weighted by molar-refractivity contribution is 8.00. The van der Waals surface area contributed by atoms with Crippen LogP contribution in [-0.4, -0.2) is 24.7 Å². The molecule has 184 valence electrons. The van der Waals surface area contributed by atoms with Crippen molar-refractivity contribution in [3.8, 4) is 5.75 Å². The molecule has 0 aliphatic carbocycles. The third-order valence-electron chi connectivity index (χ3n) is 6.60. The van der Waals surface area contributed by atoms with E-state index in [0.717, 1.165) is 28.0 Å². The second kappa shape index (κ2) is 12.0. The Morgan fingerprint density at radius 3 is 2.33 bits per heavy atom. The summed E-state index contributed by atoms with van der Waals surface area (Å²) in [5, 5.41) is 2.31. The molecule has 3 nitrogen and oxygen atoms in total. The normalized spacial score (nSPS) is 13.9. The molecule has 0 aromatic heterocycles. The van der Waals surface area contributed by atoms with Gasteiger partial charge in [0, 0.05) is 21.6 Å². The minimum atomic E-state index is -0.392. The molecule has 0 saturated heterocycles. The van der Waals surface area contributed by atoms with Crippen molar-refractivity contribution in [2.24, 2.45) is 5.92 Å². The highest BCUT2D eigenvalue weighted by Crippen LogP contribution is 2.44. The van der Waals surface area contributed by atoms with Crippen LogP contribution < -0.4 is 4.74 Å². The first-order valence-electron chi connectivity index (χ1n) is 12.1. The summed E-state index contributed by atoms with van der Waals surface area (Å²) in [5.41, 5.74) is 1.96. The van der Waals surface area contributed by atoms with Crippen molar-refractivity contribution in [2.45, 2.75) is 29.4 Å². The number of rotatable bonds is 11. The van der Waals surface area contributed by atoms with Gasteiger partial charge in [-0.25, -0.2) is 0 Å². The van der Waals surface area contributed by atoms with Gasteiger partial charge in [-0.1, -0.05) is 72.8 Å². The van der Waals surface area contributed by atoms with Crippen LogP contribution in [0.25, 0.3) is 10.8 Å². The molecule has 0 aliphatic heterocycles. The average molecular weight is 497 g/mol. The van der Waals surface area contributed by atoms with Crippen LogP contribution in [-0.2, 0) is 11.2 Å². The van der Waals surface area contributed by atoms with Crippen LogP contribution >= 0.6 is 11.8 Å². The van der Waals surface area contributed by atoms with Crippen molar-refractivity contribution in [2.75, 3.05) is 14.2 Å². The molecule has 36 heavy (non-hydrogen) atoms. The van der Waals surface area contributed by atoms with Crippen LogP contribution in [0, 0.1) is 5.92 Å². The smallest absolute Gasteiger partial charge is 0.163 e. The highest BCUT2D eigenvalue weighted by Gasteiger charge is 2.35. The van der Waals surface area contributed by atoms with Crippen molar-refractivity contribution in [3.63, 3.8) is 0 Å². The fourth-order valence-electron chi connectivity index (χ4n) is 4.54. The van der Waals surface area contributed by atoms with Crippen molar-refractivity contribution < 1.29 is 14.3 Å². The Morgan fingerprint density at radius 1 is 0.917 bits per heavy atom. The standard InChI is InChI=1S/C32H32O3S/c1-32(19-20-34-2,36-29-15-8-5-9-16-29)27(23-31(33)24-11-6-4-7-12-24)21-25-13-10-14-26-22-28(35-3)17-18-30(25)26/h4-20,22,27H,21,23H2,1-3H3. The summed E-state index contributed by atoms with van der Waals surface area (Å²) in [6.45, 7) is 2.21. The van der Waals surface area contributed by atoms with E-state index in [0.29, 0.717) is 6.42 Å². The van der Waals surface area contributed by atoms with E-state index in [2.05, 4.69) is 55.5 Å². The van der Waals surface area contributed by atoms with E-state index >= 15 is 0 Å². The first-order valence-corrected chi connectivity index (χ1v) is 12.9. The van der Waals surface area contributed by atoms with E-state index in [4.69, 9.17) is 9.47 Å². The van der Waals surface area contributed by atoms with Gasteiger partial charge in [-0.05, 0) is 65.9 Å². The van der Waals surface area contributed by atoms with Gasteiger partial charge in [0.2, 0.25) is 0 Å². The molecule has 0 N–H and O–H groups in total. The van der Waals surface area contributed by atoms with Crippen molar-refractivity contribution >= 4 is 28.3 Å². The van der Waals surface area contributed by atoms with E-state index in [1.54, 1.807) is 32.2 Å². The maximum atomic E-state index is 13.5. The summed E-state index contributed by atoms with van der Waals surface area (Å²) in [4.78, 5) is 14.6. The number of methoxy groups -OCH3 is 2. The van der Waals surface area contributed by atoms with Gasteiger partial charge in [0.1, 0.15) is 5.75 Å². The van der Waals surface area contributed by atoms with E-state index in [1.165, 1.54) is 10.9 Å². The molecule has 0 aliphatic rings. The Hall–Kier alpha value is -3.50. The third-order valence-corrected chi connectivity index (χ3v) is 8.02. The van der Waals surface area contributed by atoms with Crippen molar-refractivity contribution in [1.29, 1.82) is 0 Å². The Labute approximate surface area is 218 Å². The third kappa shape index (κ3) is 6.19. The van der Waals surface area contributed by atoms with Crippen LogP contribution in [0.4, 0.5) is 0 Å². The summed E-state index contributed by atoms with van der Waals surface area (Å²) in [5.74, 6) is 0.991. The van der Waals surface area contributed by atoms with Gasteiger partial charge in [-0.15, -0.1) is 11.8 Å². The minimum absolute atomic E-state index is 0.00881. The van der Waals surface area contributed by atoms with Gasteiger partial charge in [0.25, 0.3) is 0 Å². The number of carbonyl (C=O) groups is 1. The van der Waals surface area contributed by atoms with Gasteiger partial charge in [-0.3, -0.25) is 4.79 Å². The predicted octanol–water partition coefficient (Wildman–Crippen LogP) is 7.99. The van der Waals surface area contributed by atoms with Crippen molar-refractivity contribution in [1.82, 2.24) is 0 Å². The quantitative estimate of drug-likeness (QED) is 0.120. The lowest BCUT2D eigenvalue weighted by atomic mass is 9.81. The number of fused-ring (bicyclic) bond motifs is 1. The van der Waals surface area contributed by atoms with E-state index in [-0.39, 0.29) is 11.7 Å². The molecule has 0 fully saturated rings. The molecule has 4 aromatic carbocycles. The molecule has 4 aromatic rings. The number of ketones is 1. The number of hydrogen-bond donors (Lipinski definition) is 0. The highest BCUT2D eigenvalue weighted by atomic mass is 32.2. The second-order valence-electron chi connectivity index (χ2n) is 9.04. The summed E-state index contributed by atoms with van der Waals surface area (Å²) in [7, 11) is 3.34. The molecule has 0 bridgehead atoms. The monoisotopic (exact) mass is 496 g/mol. The number of thioether (sulfide) groups is 1. The Bertz CT molecular complexity index is 1320. The van der Waals surface area contributed by atoms with Crippen LogP contribution in [0.1, 0.15) is 29.3 Å². The Morgan fingerprint density at radius 2 is 1.64 bits per heavy atom. The molecule has 0 saturated carbocycles. The molecular weight excluding hydrogens is 464 g/mol. The molecule has 2 unspecified atom stereocenters. The summed E-state index contributed by atoms with van der Waals surface area (Å²) < 4.78 is 10.4. The van der Waals surface area contributed by atoms with E-state index < -0.39 is 4.75 Å². The van der Waals surface area contributed by atoms with Gasteiger partial charge < -0.3 is 9.47 Å².